The van der Waals surface area contributed by atoms with E-state index in [1.54, 1.807) is 6.07 Å². The van der Waals surface area contributed by atoms with E-state index in [1.807, 2.05) is 6.26 Å². The second kappa shape index (κ2) is 9.40. The van der Waals surface area contributed by atoms with E-state index in [0.717, 1.165) is 0 Å². The van der Waals surface area contributed by atoms with Crippen LogP contribution < -0.4 is 15.8 Å². The summed E-state index contributed by atoms with van der Waals surface area (Å²) in [4.78, 5) is 24.7. The number of halogens is 3. The van der Waals surface area contributed by atoms with E-state index in [2.05, 4.69) is 10.1 Å². The van der Waals surface area contributed by atoms with Gasteiger partial charge in [0.2, 0.25) is 5.91 Å². The molecule has 0 aliphatic rings. The molecule has 3 N–H and O–H groups in total. The minimum atomic E-state index is -4.83. The lowest BCUT2D eigenvalue weighted by Gasteiger charge is -2.25. The van der Waals surface area contributed by atoms with Crippen molar-refractivity contribution >= 4 is 23.7 Å². The van der Waals surface area contributed by atoms with Gasteiger partial charge in [0.1, 0.15) is 11.8 Å². The Morgan fingerprint density at radius 3 is 2.56 bits per heavy atom. The zero-order valence-corrected chi connectivity index (χ0v) is 14.6. The van der Waals surface area contributed by atoms with Gasteiger partial charge < -0.3 is 20.7 Å². The maximum atomic E-state index is 12.5. The Morgan fingerprint density at radius 1 is 1.36 bits per heavy atom. The molecule has 25 heavy (non-hydrogen) atoms. The summed E-state index contributed by atoms with van der Waals surface area (Å²) in [5.41, 5.74) is 5.27. The van der Waals surface area contributed by atoms with Gasteiger partial charge in [0.15, 0.2) is 0 Å². The van der Waals surface area contributed by atoms with Gasteiger partial charge >= 0.3 is 12.4 Å². The van der Waals surface area contributed by atoms with Crippen molar-refractivity contribution in [2.24, 2.45) is 5.73 Å². The fourth-order valence-electron chi connectivity index (χ4n) is 2.12. The third-order valence-electron chi connectivity index (χ3n) is 3.21. The fourth-order valence-corrected chi connectivity index (χ4v) is 2.59. The van der Waals surface area contributed by atoms with E-state index < -0.39 is 24.3 Å². The minimum Gasteiger partial charge on any atom is -0.405 e. The molecule has 6 nitrogen and oxygen atoms in total. The van der Waals surface area contributed by atoms with Crippen molar-refractivity contribution < 1.29 is 27.5 Å². The maximum absolute atomic E-state index is 12.5. The van der Waals surface area contributed by atoms with Gasteiger partial charge in [-0.05, 0) is 24.5 Å². The Hall–Kier alpha value is -2.10. The average molecular weight is 379 g/mol. The Balaban J connectivity index is 2.87. The molecule has 0 aliphatic carbocycles. The molecule has 10 heteroatoms. The number of likely N-dealkylation sites (N-methyl/N-ethyl adjacent to an activating group) is 1. The Morgan fingerprint density at radius 2 is 2.00 bits per heavy atom. The molecule has 0 aliphatic heterocycles. The number of urea groups is 1. The first kappa shape index (κ1) is 20.9. The van der Waals surface area contributed by atoms with Crippen LogP contribution in [0.3, 0.4) is 0 Å². The molecular formula is C15H20F3N3O3S. The number of carbonyl (C=O) groups is 2. The van der Waals surface area contributed by atoms with Crippen LogP contribution in [0.15, 0.2) is 24.3 Å². The molecule has 0 fully saturated rings. The first-order valence-electron chi connectivity index (χ1n) is 7.27. The third-order valence-corrected chi connectivity index (χ3v) is 3.85. The molecule has 3 amide bonds. The van der Waals surface area contributed by atoms with Gasteiger partial charge in [0.05, 0.1) is 0 Å². The molecule has 1 aromatic rings. The van der Waals surface area contributed by atoms with Crippen LogP contribution in [-0.4, -0.2) is 48.3 Å². The van der Waals surface area contributed by atoms with Gasteiger partial charge in [-0.2, -0.15) is 11.8 Å². The van der Waals surface area contributed by atoms with Crippen molar-refractivity contribution in [3.63, 3.8) is 0 Å². The molecule has 0 saturated carbocycles. The van der Waals surface area contributed by atoms with Crippen molar-refractivity contribution in [2.45, 2.75) is 25.4 Å². The number of para-hydroxylation sites is 1. The highest BCUT2D eigenvalue weighted by Crippen LogP contribution is 2.27. The van der Waals surface area contributed by atoms with Crippen LogP contribution in [0.25, 0.3) is 0 Å². The van der Waals surface area contributed by atoms with Crippen molar-refractivity contribution in [3.8, 4) is 5.75 Å². The first-order chi connectivity index (χ1) is 11.6. The predicted molar refractivity (Wildman–Crippen MR) is 89.1 cm³/mol. The number of thioether (sulfide) groups is 1. The molecule has 0 bridgehead atoms. The molecule has 0 saturated heterocycles. The summed E-state index contributed by atoms with van der Waals surface area (Å²) in [5, 5.41) is 2.36. The fraction of sp³-hybridized carbons (Fsp3) is 0.467. The molecule has 0 spiro atoms. The highest BCUT2D eigenvalue weighted by molar-refractivity contribution is 7.98. The van der Waals surface area contributed by atoms with E-state index in [0.29, 0.717) is 12.2 Å². The summed E-state index contributed by atoms with van der Waals surface area (Å²) >= 11 is 1.49. The van der Waals surface area contributed by atoms with Crippen LogP contribution in [0.5, 0.6) is 5.75 Å². The molecular weight excluding hydrogens is 359 g/mol. The molecule has 0 heterocycles. The quantitative estimate of drug-likeness (QED) is 0.726. The monoisotopic (exact) mass is 379 g/mol. The zero-order valence-electron chi connectivity index (χ0n) is 13.8. The lowest BCUT2D eigenvalue weighted by atomic mass is 10.1. The number of hydrogen-bond acceptors (Lipinski definition) is 4. The van der Waals surface area contributed by atoms with E-state index in [9.17, 15) is 22.8 Å². The van der Waals surface area contributed by atoms with Crippen molar-refractivity contribution in [3.05, 3.63) is 29.8 Å². The number of benzene rings is 1. The predicted octanol–water partition coefficient (Wildman–Crippen LogP) is 2.33. The van der Waals surface area contributed by atoms with Gasteiger partial charge in [0, 0.05) is 19.2 Å². The SMILES string of the molecule is CSCCC(NC(N)=O)C(=O)N(C)Cc1ccccc1OC(F)(F)F. The number of alkyl halides is 3. The highest BCUT2D eigenvalue weighted by Gasteiger charge is 2.32. The molecule has 1 atom stereocenters. The summed E-state index contributed by atoms with van der Waals surface area (Å²) < 4.78 is 41.4. The largest absolute Gasteiger partial charge is 0.573 e. The van der Waals surface area contributed by atoms with Crippen LogP contribution >= 0.6 is 11.8 Å². The Labute approximate surface area is 147 Å². The maximum Gasteiger partial charge on any atom is 0.573 e. The standard InChI is InChI=1S/C15H20F3N3O3S/c1-21(13(22)11(7-8-25-2)20-14(19)23)9-10-5-3-4-6-12(10)24-15(16,17)18/h3-6,11H,7-9H2,1-2H3,(H3,19,20,23). The van der Waals surface area contributed by atoms with Gasteiger partial charge in [-0.3, -0.25) is 4.79 Å². The molecule has 0 aromatic heterocycles. The summed E-state index contributed by atoms with van der Waals surface area (Å²) in [6, 6.07) is 3.88. The van der Waals surface area contributed by atoms with Gasteiger partial charge in [-0.1, -0.05) is 18.2 Å². The number of rotatable bonds is 8. The van der Waals surface area contributed by atoms with Crippen LogP contribution in [0.1, 0.15) is 12.0 Å². The Kier molecular flexibility index (Phi) is 7.88. The lowest BCUT2D eigenvalue weighted by molar-refractivity contribution is -0.275. The summed E-state index contributed by atoms with van der Waals surface area (Å²) in [6.07, 6.45) is -2.62. The molecule has 1 unspecified atom stereocenters. The average Bonchev–Trinajstić information content (AvgIpc) is 2.50. The molecule has 140 valence electrons. The van der Waals surface area contributed by atoms with E-state index in [4.69, 9.17) is 5.73 Å². The lowest BCUT2D eigenvalue weighted by Crippen LogP contribution is -2.49. The number of amides is 3. The zero-order chi connectivity index (χ0) is 19.0. The number of nitrogens with one attached hydrogen (secondary N) is 1. The summed E-state index contributed by atoms with van der Waals surface area (Å²) in [6.45, 7) is -0.110. The number of primary amides is 1. The second-order valence-electron chi connectivity index (χ2n) is 5.19. The number of hydrogen-bond donors (Lipinski definition) is 2. The van der Waals surface area contributed by atoms with E-state index >= 15 is 0 Å². The minimum absolute atomic E-state index is 0.110. The van der Waals surface area contributed by atoms with Crippen LogP contribution in [0, 0.1) is 0 Å². The van der Waals surface area contributed by atoms with Gasteiger partial charge in [0.25, 0.3) is 0 Å². The van der Waals surface area contributed by atoms with Crippen LogP contribution in [-0.2, 0) is 11.3 Å². The van der Waals surface area contributed by atoms with E-state index in [1.165, 1.54) is 41.9 Å². The highest BCUT2D eigenvalue weighted by atomic mass is 32.2. The topological polar surface area (TPSA) is 84.7 Å². The number of carbonyl (C=O) groups excluding carboxylic acids is 2. The van der Waals surface area contributed by atoms with Crippen molar-refractivity contribution in [1.82, 2.24) is 10.2 Å². The number of nitrogens with zero attached hydrogens (tertiary/aromatic N) is 1. The van der Waals surface area contributed by atoms with Crippen molar-refractivity contribution in [2.75, 3.05) is 19.1 Å². The first-order valence-corrected chi connectivity index (χ1v) is 8.67. The molecule has 1 aromatic carbocycles. The van der Waals surface area contributed by atoms with Crippen LogP contribution in [0.2, 0.25) is 0 Å². The molecule has 0 radical (unpaired) electrons. The number of nitrogens with two attached hydrogens (primary N) is 1. The van der Waals surface area contributed by atoms with Crippen LogP contribution in [0.4, 0.5) is 18.0 Å². The normalized spacial score (nSPS) is 12.4. The third kappa shape index (κ3) is 7.55. The van der Waals surface area contributed by atoms with Gasteiger partial charge in [-0.25, -0.2) is 4.79 Å². The van der Waals surface area contributed by atoms with Gasteiger partial charge in [-0.15, -0.1) is 13.2 Å². The number of ether oxygens (including phenoxy) is 1. The Bertz CT molecular complexity index is 599. The summed E-state index contributed by atoms with van der Waals surface area (Å²) in [5.74, 6) is -0.217. The summed E-state index contributed by atoms with van der Waals surface area (Å²) in [7, 11) is 1.43. The van der Waals surface area contributed by atoms with Crippen molar-refractivity contribution in [1.29, 1.82) is 0 Å². The smallest absolute Gasteiger partial charge is 0.405 e. The second-order valence-corrected chi connectivity index (χ2v) is 6.18. The molecule has 1 rings (SSSR count). The van der Waals surface area contributed by atoms with E-state index in [-0.39, 0.29) is 17.9 Å².